The van der Waals surface area contributed by atoms with Crippen molar-refractivity contribution in [1.82, 2.24) is 4.57 Å². The van der Waals surface area contributed by atoms with Crippen molar-refractivity contribution in [1.29, 1.82) is 0 Å². The van der Waals surface area contributed by atoms with Crippen LogP contribution in [0.5, 0.6) is 0 Å². The maximum atomic E-state index is 6.01. The first-order valence-corrected chi connectivity index (χ1v) is 45.7. The first-order valence-electron chi connectivity index (χ1n) is 45.7. The highest BCUT2D eigenvalue weighted by Crippen LogP contribution is 2.56. The summed E-state index contributed by atoms with van der Waals surface area (Å²) in [6.07, 6.45) is 0. The molecule has 29 rings (SSSR count). The third-order valence-corrected chi connectivity index (χ3v) is 27.8. The lowest BCUT2D eigenvalue weighted by atomic mass is 9.91. The lowest BCUT2D eigenvalue weighted by Gasteiger charge is -2.12. The van der Waals surface area contributed by atoms with Crippen LogP contribution < -0.4 is 0 Å². The minimum absolute atomic E-state index is 0.938. The number of nitrogens with zero attached hydrogens (tertiary/aromatic N) is 1. The fraction of sp³-hybridized carbons (Fsp3) is 0. The molecule has 2 heteroatoms. The van der Waals surface area contributed by atoms with E-state index in [1.165, 1.54) is 259 Å². The van der Waals surface area contributed by atoms with Crippen molar-refractivity contribution in [2.75, 3.05) is 0 Å². The molecule has 4 aliphatic carbocycles. The van der Waals surface area contributed by atoms with Crippen LogP contribution in [-0.2, 0) is 0 Å². The highest BCUT2D eigenvalue weighted by atomic mass is 16.3. The zero-order valence-electron chi connectivity index (χ0n) is 72.1. The van der Waals surface area contributed by atoms with E-state index in [-0.39, 0.29) is 0 Å². The maximum Gasteiger partial charge on any atom is 0.135 e. The maximum absolute atomic E-state index is 6.01. The SMILES string of the molecule is c1ccc(-c2ccc3c4c(cccc24)-c2ccccc2-3)cc1.c1ccc(-c2cccc(-c3ccc4c5c(cccc35)-c3ccc(-c5ccccc5-c5ccccc5)cc3-4)c2)cc1.c1ccc(-n2c3ccccc3c3cc(-c4cccc(-c5ccc6c7c(cccc57)-c5ccccc5-6)c4)ccc32)cc1.c1ccc2c(c1)-c1cccc3cc(-c4ccc5oc6ccccc6c5c4)cc-2c13. The summed E-state index contributed by atoms with van der Waals surface area (Å²) in [5.74, 6) is 0. The summed E-state index contributed by atoms with van der Waals surface area (Å²) in [7, 11) is 0. The molecule has 2 heterocycles. The molecule has 0 N–H and O–H groups in total. The molecule has 25 aromatic rings. The van der Waals surface area contributed by atoms with Crippen LogP contribution in [0.3, 0.4) is 0 Å². The molecule has 0 saturated carbocycles. The number of fused-ring (bicyclic) bond motifs is 18. The Morgan fingerprint density at radius 2 is 0.447 bits per heavy atom. The van der Waals surface area contributed by atoms with Gasteiger partial charge in [-0.1, -0.05) is 413 Å². The average molecular weight is 1670 g/mol. The Labute approximate surface area is 765 Å². The van der Waals surface area contributed by atoms with Crippen molar-refractivity contribution in [3.63, 3.8) is 0 Å². The minimum atomic E-state index is 0.938. The minimum Gasteiger partial charge on any atom is -0.456 e. The molecule has 23 aromatic carbocycles. The lowest BCUT2D eigenvalue weighted by molar-refractivity contribution is 0.669. The molecule has 612 valence electrons. The Morgan fingerprint density at radius 1 is 0.129 bits per heavy atom. The number of rotatable bonds is 9. The van der Waals surface area contributed by atoms with E-state index < -0.39 is 0 Å². The zero-order chi connectivity index (χ0) is 86.9. The van der Waals surface area contributed by atoms with E-state index in [2.05, 4.69) is 484 Å². The normalized spacial score (nSPS) is 11.8. The van der Waals surface area contributed by atoms with Crippen molar-refractivity contribution in [2.45, 2.75) is 0 Å². The topological polar surface area (TPSA) is 18.1 Å². The molecule has 132 heavy (non-hydrogen) atoms. The van der Waals surface area contributed by atoms with Gasteiger partial charge < -0.3 is 8.98 Å². The summed E-state index contributed by atoms with van der Waals surface area (Å²) < 4.78 is 8.38. The molecule has 0 saturated heterocycles. The number of hydrogen-bond donors (Lipinski definition) is 0. The van der Waals surface area contributed by atoms with Gasteiger partial charge in [-0.15, -0.1) is 0 Å². The first kappa shape index (κ1) is 76.0. The van der Waals surface area contributed by atoms with Crippen molar-refractivity contribution >= 4 is 86.8 Å². The smallest absolute Gasteiger partial charge is 0.135 e. The van der Waals surface area contributed by atoms with Gasteiger partial charge in [-0.3, -0.25) is 0 Å². The van der Waals surface area contributed by atoms with Gasteiger partial charge in [-0.05, 0) is 300 Å². The van der Waals surface area contributed by atoms with E-state index in [0.29, 0.717) is 0 Å². The van der Waals surface area contributed by atoms with Crippen LogP contribution in [0.4, 0.5) is 0 Å². The van der Waals surface area contributed by atoms with Crippen molar-refractivity contribution < 1.29 is 4.42 Å². The predicted octanol–water partition coefficient (Wildman–Crippen LogP) is 36.3. The van der Waals surface area contributed by atoms with Crippen LogP contribution in [0.15, 0.2) is 496 Å². The van der Waals surface area contributed by atoms with E-state index in [0.717, 1.165) is 11.2 Å². The molecule has 0 aliphatic heterocycles. The van der Waals surface area contributed by atoms with E-state index in [1.807, 2.05) is 12.1 Å². The number of aromatic nitrogens is 1. The summed E-state index contributed by atoms with van der Waals surface area (Å²) >= 11 is 0. The molecular formula is C130H81NO. The number of furan rings is 1. The summed E-state index contributed by atoms with van der Waals surface area (Å²) in [4.78, 5) is 0. The highest BCUT2D eigenvalue weighted by Gasteiger charge is 2.29. The van der Waals surface area contributed by atoms with Gasteiger partial charge in [-0.25, -0.2) is 0 Å². The van der Waals surface area contributed by atoms with E-state index >= 15 is 0 Å². The molecule has 0 radical (unpaired) electrons. The Morgan fingerprint density at radius 3 is 1.02 bits per heavy atom. The second-order valence-electron chi connectivity index (χ2n) is 35.0. The first-order chi connectivity index (χ1) is 65.5. The van der Waals surface area contributed by atoms with Gasteiger partial charge in [0.1, 0.15) is 11.2 Å². The van der Waals surface area contributed by atoms with Gasteiger partial charge in [0.05, 0.1) is 11.0 Å². The molecule has 2 aromatic heterocycles. The van der Waals surface area contributed by atoms with Crippen molar-refractivity contribution in [3.05, 3.63) is 491 Å². The van der Waals surface area contributed by atoms with E-state index in [1.54, 1.807) is 0 Å². The number of benzene rings is 23. The molecule has 0 spiro atoms. The summed E-state index contributed by atoms with van der Waals surface area (Å²) in [6, 6.07) is 178. The van der Waals surface area contributed by atoms with Gasteiger partial charge in [-0.2, -0.15) is 0 Å². The van der Waals surface area contributed by atoms with Crippen LogP contribution in [0.2, 0.25) is 0 Å². The molecule has 0 amide bonds. The predicted molar refractivity (Wildman–Crippen MR) is 559 cm³/mol. The van der Waals surface area contributed by atoms with Crippen LogP contribution in [0.1, 0.15) is 0 Å². The third kappa shape index (κ3) is 12.6. The Bertz CT molecular complexity index is 8940. The Kier molecular flexibility index (Phi) is 18.0. The molecule has 2 nitrogen and oxygen atoms in total. The molecular weight excluding hydrogens is 1590 g/mol. The molecule has 0 fully saturated rings. The van der Waals surface area contributed by atoms with Gasteiger partial charge in [0.15, 0.2) is 0 Å². The molecule has 4 aliphatic rings. The quantitative estimate of drug-likeness (QED) is 0.141. The van der Waals surface area contributed by atoms with Crippen molar-refractivity contribution in [2.24, 2.45) is 0 Å². The second-order valence-corrected chi connectivity index (χ2v) is 35.0. The average Bonchev–Trinajstić information content (AvgIpc) is 1.51. The van der Waals surface area contributed by atoms with Crippen LogP contribution in [-0.4, -0.2) is 4.57 Å². The van der Waals surface area contributed by atoms with Crippen molar-refractivity contribution in [3.8, 4) is 184 Å². The number of hydrogen-bond acceptors (Lipinski definition) is 1. The van der Waals surface area contributed by atoms with Gasteiger partial charge in [0, 0.05) is 27.2 Å². The van der Waals surface area contributed by atoms with Gasteiger partial charge in [0.2, 0.25) is 0 Å². The largest absolute Gasteiger partial charge is 0.456 e. The molecule has 0 unspecified atom stereocenters. The molecule has 0 bridgehead atoms. The van der Waals surface area contributed by atoms with E-state index in [9.17, 15) is 0 Å². The summed E-state index contributed by atoms with van der Waals surface area (Å²) in [5, 5.41) is 15.6. The van der Waals surface area contributed by atoms with Crippen LogP contribution >= 0.6 is 0 Å². The van der Waals surface area contributed by atoms with Crippen LogP contribution in [0, 0.1) is 0 Å². The highest BCUT2D eigenvalue weighted by molar-refractivity contribution is 6.23. The van der Waals surface area contributed by atoms with Gasteiger partial charge in [0.25, 0.3) is 0 Å². The monoisotopic (exact) mass is 1670 g/mol. The van der Waals surface area contributed by atoms with Gasteiger partial charge >= 0.3 is 0 Å². The third-order valence-electron chi connectivity index (χ3n) is 27.8. The number of para-hydroxylation sites is 3. The Balaban J connectivity index is 0.0000000945. The Hall–Kier alpha value is -17.3. The van der Waals surface area contributed by atoms with Crippen LogP contribution in [0.25, 0.3) is 271 Å². The second kappa shape index (κ2) is 31.3. The fourth-order valence-electron chi connectivity index (χ4n) is 21.9. The lowest BCUT2D eigenvalue weighted by Crippen LogP contribution is -1.92. The summed E-state index contributed by atoms with van der Waals surface area (Å²) in [5.41, 5.74) is 47.0. The summed E-state index contributed by atoms with van der Waals surface area (Å²) in [6.45, 7) is 0. The fourth-order valence-corrected chi connectivity index (χ4v) is 21.9. The standard InChI is InChI=1S/C40H25N.C40H26.C28H16O.C22H14/c1-2-12-29(13-3-1)41-38-19-7-6-16-33(38)37-25-27(20-23-39(37)41)26-10-8-11-28(24-26)30-21-22-36-32-15-5-4-14-31(32)35-18-9-17-34(30)40(35)36;1-3-11-27(12-4-1)29-15-9-16-30(25-29)34-23-24-38-39-26-31(21-22-35(39)37-20-10-19-36(34)40(37)38)33-18-8-7-17-32(33)28-13-5-2-6-14-28;1-2-8-21-20(7-1)23-10-5-6-18-14-19(16-25(21)28(18)23)17-12-13-27-24(15-17)22-9-3-4-11-26(22)29-27;1-2-7-15(8-3-1)16-13-14-21-18-10-5-4-9-17(18)20-12-6-11-19(16)22(20)21/h1-25H;1-26H;1-16H;1-14H. The van der Waals surface area contributed by atoms with E-state index in [4.69, 9.17) is 4.42 Å². The zero-order valence-corrected chi connectivity index (χ0v) is 72.1. The molecule has 0 atom stereocenters.